The van der Waals surface area contributed by atoms with Crippen LogP contribution >= 0.6 is 0 Å². The number of carbonyl (C=O) groups excluding carboxylic acids is 1. The van der Waals surface area contributed by atoms with Crippen molar-refractivity contribution in [3.8, 4) is 11.5 Å². The third kappa shape index (κ3) is 6.92. The molecule has 0 fully saturated rings. The van der Waals surface area contributed by atoms with Crippen molar-refractivity contribution in [3.05, 3.63) is 59.7 Å². The molecule has 0 aliphatic heterocycles. The highest BCUT2D eigenvalue weighted by Gasteiger charge is 2.30. The lowest BCUT2D eigenvalue weighted by Crippen LogP contribution is -2.24. The van der Waals surface area contributed by atoms with E-state index in [4.69, 9.17) is 4.74 Å². The van der Waals surface area contributed by atoms with Crippen molar-refractivity contribution in [1.82, 2.24) is 5.43 Å². The Morgan fingerprint density at radius 2 is 1.81 bits per heavy atom. The van der Waals surface area contributed by atoms with Gasteiger partial charge in [0.25, 0.3) is 5.91 Å². The molecule has 0 atom stereocenters. The Hall–Kier alpha value is -3.17. The molecule has 0 aliphatic carbocycles. The molecule has 0 aliphatic rings. The lowest BCUT2D eigenvalue weighted by atomic mass is 10.2. The second-order valence-electron chi connectivity index (χ2n) is 5.05. The van der Waals surface area contributed by atoms with E-state index in [0.717, 1.165) is 18.2 Å². The zero-order valence-electron chi connectivity index (χ0n) is 13.5. The summed E-state index contributed by atoms with van der Waals surface area (Å²) >= 11 is 0. The van der Waals surface area contributed by atoms with Gasteiger partial charge in [0.2, 0.25) is 0 Å². The number of rotatable bonds is 7. The molecule has 0 saturated heterocycles. The fourth-order valence-corrected chi connectivity index (χ4v) is 1.86. The van der Waals surface area contributed by atoms with Crippen LogP contribution < -0.4 is 14.9 Å². The SMILES string of the molecule is O=C(COc1cccc(C(F)(F)F)c1)N/N=C/c1ccc(OC(F)F)cc1. The maximum Gasteiger partial charge on any atom is 0.416 e. The first-order valence-electron chi connectivity index (χ1n) is 7.41. The van der Waals surface area contributed by atoms with E-state index in [9.17, 15) is 26.7 Å². The average molecular weight is 388 g/mol. The lowest BCUT2D eigenvalue weighted by molar-refractivity contribution is -0.137. The largest absolute Gasteiger partial charge is 0.484 e. The molecule has 0 spiro atoms. The first-order chi connectivity index (χ1) is 12.7. The Kier molecular flexibility index (Phi) is 6.69. The van der Waals surface area contributed by atoms with Gasteiger partial charge in [-0.15, -0.1) is 0 Å². The van der Waals surface area contributed by atoms with Crippen LogP contribution in [0.2, 0.25) is 0 Å². The number of alkyl halides is 5. The van der Waals surface area contributed by atoms with E-state index in [1.165, 1.54) is 36.5 Å². The van der Waals surface area contributed by atoms with Gasteiger partial charge in [0.15, 0.2) is 6.61 Å². The summed E-state index contributed by atoms with van der Waals surface area (Å²) in [5, 5.41) is 3.63. The summed E-state index contributed by atoms with van der Waals surface area (Å²) < 4.78 is 71.0. The van der Waals surface area contributed by atoms with Crippen LogP contribution in [-0.4, -0.2) is 25.3 Å². The van der Waals surface area contributed by atoms with Gasteiger partial charge in [-0.1, -0.05) is 6.07 Å². The molecule has 0 unspecified atom stereocenters. The molecule has 27 heavy (non-hydrogen) atoms. The van der Waals surface area contributed by atoms with E-state index < -0.39 is 30.9 Å². The van der Waals surface area contributed by atoms with Gasteiger partial charge >= 0.3 is 12.8 Å². The standard InChI is InChI=1S/C17H13F5N2O3/c18-16(19)27-13-6-4-11(5-7-13)9-23-24-15(25)10-26-14-3-1-2-12(8-14)17(20,21)22/h1-9,16H,10H2,(H,24,25)/b23-9+. The van der Waals surface area contributed by atoms with Crippen molar-refractivity contribution in [1.29, 1.82) is 0 Å². The van der Waals surface area contributed by atoms with Crippen LogP contribution in [-0.2, 0) is 11.0 Å². The molecule has 0 heterocycles. The van der Waals surface area contributed by atoms with Gasteiger partial charge in [-0.25, -0.2) is 5.43 Å². The predicted molar refractivity (Wildman–Crippen MR) is 85.7 cm³/mol. The van der Waals surface area contributed by atoms with E-state index in [0.29, 0.717) is 5.56 Å². The van der Waals surface area contributed by atoms with Gasteiger partial charge in [0.05, 0.1) is 11.8 Å². The minimum Gasteiger partial charge on any atom is -0.484 e. The number of halogens is 5. The molecule has 1 amide bonds. The Bertz CT molecular complexity index is 792. The summed E-state index contributed by atoms with van der Waals surface area (Å²) in [6.07, 6.45) is -3.27. The molecule has 2 aromatic carbocycles. The smallest absolute Gasteiger partial charge is 0.416 e. The zero-order chi connectivity index (χ0) is 19.9. The van der Waals surface area contributed by atoms with Crippen molar-refractivity contribution >= 4 is 12.1 Å². The lowest BCUT2D eigenvalue weighted by Gasteiger charge is -2.09. The Balaban J connectivity index is 1.81. The van der Waals surface area contributed by atoms with Gasteiger partial charge in [-0.05, 0) is 48.0 Å². The minimum absolute atomic E-state index is 0.0272. The van der Waals surface area contributed by atoms with Crippen molar-refractivity contribution in [3.63, 3.8) is 0 Å². The Morgan fingerprint density at radius 3 is 2.44 bits per heavy atom. The molecule has 10 heteroatoms. The van der Waals surface area contributed by atoms with Crippen LogP contribution in [0.15, 0.2) is 53.6 Å². The number of amides is 1. The third-order valence-electron chi connectivity index (χ3n) is 3.04. The van der Waals surface area contributed by atoms with Crippen LogP contribution in [0.4, 0.5) is 22.0 Å². The first kappa shape index (κ1) is 20.1. The van der Waals surface area contributed by atoms with Crippen molar-refractivity contribution in [2.75, 3.05) is 6.61 Å². The molecule has 144 valence electrons. The topological polar surface area (TPSA) is 59.9 Å². The van der Waals surface area contributed by atoms with Gasteiger partial charge < -0.3 is 9.47 Å². The molecule has 0 bridgehead atoms. The van der Waals surface area contributed by atoms with Crippen molar-refractivity contribution < 1.29 is 36.2 Å². The predicted octanol–water partition coefficient (Wildman–Crippen LogP) is 3.84. The monoisotopic (exact) mass is 388 g/mol. The maximum atomic E-state index is 12.6. The number of benzene rings is 2. The van der Waals surface area contributed by atoms with Crippen molar-refractivity contribution in [2.24, 2.45) is 5.10 Å². The summed E-state index contributed by atoms with van der Waals surface area (Å²) in [5.41, 5.74) is 1.73. The van der Waals surface area contributed by atoms with E-state index in [-0.39, 0.29) is 11.5 Å². The number of ether oxygens (including phenoxy) is 2. The van der Waals surface area contributed by atoms with Crippen LogP contribution in [0.3, 0.4) is 0 Å². The first-order valence-corrected chi connectivity index (χ1v) is 7.41. The third-order valence-corrected chi connectivity index (χ3v) is 3.04. The van der Waals surface area contributed by atoms with E-state index in [1.807, 2.05) is 0 Å². The molecule has 0 saturated carbocycles. The minimum atomic E-state index is -4.51. The fraction of sp³-hybridized carbons (Fsp3) is 0.176. The average Bonchev–Trinajstić information content (AvgIpc) is 2.60. The number of carbonyl (C=O) groups is 1. The number of nitrogens with one attached hydrogen (secondary N) is 1. The molecule has 0 radical (unpaired) electrons. The van der Waals surface area contributed by atoms with Crippen LogP contribution in [0.5, 0.6) is 11.5 Å². The number of hydrogen-bond acceptors (Lipinski definition) is 4. The highest BCUT2D eigenvalue weighted by molar-refractivity contribution is 5.83. The van der Waals surface area contributed by atoms with Crippen molar-refractivity contribution in [2.45, 2.75) is 12.8 Å². The van der Waals surface area contributed by atoms with Gasteiger partial charge in [-0.2, -0.15) is 27.1 Å². The number of nitrogens with zero attached hydrogens (tertiary/aromatic N) is 1. The maximum absolute atomic E-state index is 12.6. The Morgan fingerprint density at radius 1 is 1.11 bits per heavy atom. The normalized spacial score (nSPS) is 11.6. The molecule has 2 aromatic rings. The molecule has 0 aromatic heterocycles. The van der Waals surface area contributed by atoms with Gasteiger partial charge in [0.1, 0.15) is 11.5 Å². The molecule has 5 nitrogen and oxygen atoms in total. The van der Waals surface area contributed by atoms with Gasteiger partial charge in [-0.3, -0.25) is 4.79 Å². The molecular formula is C17H13F5N2O3. The second kappa shape index (κ2) is 8.97. The van der Waals surface area contributed by atoms with Crippen LogP contribution in [0.25, 0.3) is 0 Å². The summed E-state index contributed by atoms with van der Waals surface area (Å²) in [6.45, 7) is -3.47. The van der Waals surface area contributed by atoms with E-state index in [1.54, 1.807) is 0 Å². The zero-order valence-corrected chi connectivity index (χ0v) is 13.5. The summed E-state index contributed by atoms with van der Waals surface area (Å²) in [6, 6.07) is 9.58. The highest BCUT2D eigenvalue weighted by atomic mass is 19.4. The fourth-order valence-electron chi connectivity index (χ4n) is 1.86. The number of hydrazone groups is 1. The molecule has 2 rings (SSSR count). The highest BCUT2D eigenvalue weighted by Crippen LogP contribution is 2.31. The second-order valence-corrected chi connectivity index (χ2v) is 5.05. The summed E-state index contributed by atoms with van der Waals surface area (Å²) in [7, 11) is 0. The van der Waals surface area contributed by atoms with E-state index in [2.05, 4.69) is 15.3 Å². The quantitative estimate of drug-likeness (QED) is 0.446. The van der Waals surface area contributed by atoms with Crippen LogP contribution in [0, 0.1) is 0 Å². The Labute approximate surface area is 150 Å². The molecular weight excluding hydrogens is 375 g/mol. The van der Waals surface area contributed by atoms with E-state index >= 15 is 0 Å². The molecule has 1 N–H and O–H groups in total. The summed E-state index contributed by atoms with van der Waals surface area (Å²) in [4.78, 5) is 11.6. The van der Waals surface area contributed by atoms with Gasteiger partial charge in [0, 0.05) is 0 Å². The van der Waals surface area contributed by atoms with Crippen LogP contribution in [0.1, 0.15) is 11.1 Å². The number of hydrogen-bond donors (Lipinski definition) is 1. The summed E-state index contributed by atoms with van der Waals surface area (Å²) in [5.74, 6) is -0.833.